The minimum Gasteiger partial charge on any atom is -0.383 e. The summed E-state index contributed by atoms with van der Waals surface area (Å²) >= 11 is 0. The molecule has 3 nitrogen and oxygen atoms in total. The molecule has 1 rings (SSSR count). The van der Waals surface area contributed by atoms with E-state index in [1.165, 1.54) is 11.1 Å². The molecule has 0 aliphatic rings. The van der Waals surface area contributed by atoms with Crippen molar-refractivity contribution in [3.05, 3.63) is 35.4 Å². The average Bonchev–Trinajstić information content (AvgIpc) is 2.39. The van der Waals surface area contributed by atoms with E-state index in [1.807, 2.05) is 0 Å². The lowest BCUT2D eigenvalue weighted by Gasteiger charge is -2.23. The van der Waals surface area contributed by atoms with E-state index in [0.29, 0.717) is 12.1 Å². The van der Waals surface area contributed by atoms with Crippen LogP contribution >= 0.6 is 0 Å². The normalized spacial score (nSPS) is 14.3. The molecule has 19 heavy (non-hydrogen) atoms. The van der Waals surface area contributed by atoms with E-state index in [4.69, 9.17) is 10.5 Å². The first kappa shape index (κ1) is 16.2. The molecular weight excluding hydrogens is 236 g/mol. The van der Waals surface area contributed by atoms with Crippen LogP contribution in [0.25, 0.3) is 0 Å². The van der Waals surface area contributed by atoms with Gasteiger partial charge in [0.05, 0.1) is 6.61 Å². The third-order valence-corrected chi connectivity index (χ3v) is 3.43. The molecule has 3 N–H and O–H groups in total. The Hall–Kier alpha value is -0.900. The Labute approximate surface area is 117 Å². The molecule has 0 radical (unpaired) electrons. The first-order chi connectivity index (χ1) is 9.17. The van der Waals surface area contributed by atoms with Crippen LogP contribution in [0.15, 0.2) is 24.3 Å². The summed E-state index contributed by atoms with van der Waals surface area (Å²) in [5.74, 6) is 0. The van der Waals surface area contributed by atoms with Crippen LogP contribution < -0.4 is 11.1 Å². The zero-order valence-corrected chi connectivity index (χ0v) is 12.5. The van der Waals surface area contributed by atoms with Gasteiger partial charge in [-0.05, 0) is 50.8 Å². The fourth-order valence-corrected chi connectivity index (χ4v) is 2.41. The van der Waals surface area contributed by atoms with Crippen LogP contribution in [0, 0.1) is 6.92 Å². The van der Waals surface area contributed by atoms with Gasteiger partial charge in [-0.15, -0.1) is 0 Å². The highest BCUT2D eigenvalue weighted by Crippen LogP contribution is 2.10. The SMILES string of the molecule is COCC(CCCN)NC(C)Cc1ccccc1C. The number of ether oxygens (including phenoxy) is 1. The zero-order chi connectivity index (χ0) is 14.1. The highest BCUT2D eigenvalue weighted by atomic mass is 16.5. The van der Waals surface area contributed by atoms with Crippen LogP contribution in [0.5, 0.6) is 0 Å². The molecule has 3 heteroatoms. The number of rotatable bonds is 9. The summed E-state index contributed by atoms with van der Waals surface area (Å²) in [6.07, 6.45) is 3.16. The summed E-state index contributed by atoms with van der Waals surface area (Å²) in [4.78, 5) is 0. The second kappa shape index (κ2) is 9.08. The van der Waals surface area contributed by atoms with Crippen molar-refractivity contribution in [1.29, 1.82) is 0 Å². The summed E-state index contributed by atoms with van der Waals surface area (Å²) in [5.41, 5.74) is 8.36. The van der Waals surface area contributed by atoms with E-state index < -0.39 is 0 Å². The molecule has 0 aliphatic heterocycles. The van der Waals surface area contributed by atoms with Gasteiger partial charge in [-0.3, -0.25) is 0 Å². The van der Waals surface area contributed by atoms with Gasteiger partial charge in [-0.2, -0.15) is 0 Å². The number of hydrogen-bond acceptors (Lipinski definition) is 3. The Morgan fingerprint density at radius 2 is 2.05 bits per heavy atom. The predicted octanol–water partition coefficient (Wildman–Crippen LogP) is 2.27. The second-order valence-electron chi connectivity index (χ2n) is 5.28. The summed E-state index contributed by atoms with van der Waals surface area (Å²) in [7, 11) is 1.75. The Morgan fingerprint density at radius 1 is 1.32 bits per heavy atom. The number of methoxy groups -OCH3 is 1. The lowest BCUT2D eigenvalue weighted by atomic mass is 10.0. The van der Waals surface area contributed by atoms with Crippen molar-refractivity contribution in [2.24, 2.45) is 5.73 Å². The van der Waals surface area contributed by atoms with Crippen LogP contribution in [0.3, 0.4) is 0 Å². The molecule has 1 aromatic carbocycles. The van der Waals surface area contributed by atoms with Gasteiger partial charge in [0.25, 0.3) is 0 Å². The molecule has 2 unspecified atom stereocenters. The maximum absolute atomic E-state index is 5.58. The minimum atomic E-state index is 0.396. The Kier molecular flexibility index (Phi) is 7.72. The molecule has 0 aromatic heterocycles. The summed E-state index contributed by atoms with van der Waals surface area (Å²) in [5, 5.41) is 3.65. The second-order valence-corrected chi connectivity index (χ2v) is 5.28. The summed E-state index contributed by atoms with van der Waals surface area (Å²) < 4.78 is 5.27. The molecule has 0 bridgehead atoms. The summed E-state index contributed by atoms with van der Waals surface area (Å²) in [6, 6.07) is 9.41. The van der Waals surface area contributed by atoms with E-state index >= 15 is 0 Å². The van der Waals surface area contributed by atoms with E-state index in [9.17, 15) is 0 Å². The summed E-state index contributed by atoms with van der Waals surface area (Å²) in [6.45, 7) is 5.90. The molecule has 0 heterocycles. The average molecular weight is 264 g/mol. The lowest BCUT2D eigenvalue weighted by Crippen LogP contribution is -2.41. The van der Waals surface area contributed by atoms with Gasteiger partial charge in [0, 0.05) is 19.2 Å². The van der Waals surface area contributed by atoms with Crippen LogP contribution in [0.4, 0.5) is 0 Å². The fraction of sp³-hybridized carbons (Fsp3) is 0.625. The van der Waals surface area contributed by atoms with Crippen molar-refractivity contribution < 1.29 is 4.74 Å². The minimum absolute atomic E-state index is 0.396. The molecule has 108 valence electrons. The van der Waals surface area contributed by atoms with Crippen molar-refractivity contribution in [2.75, 3.05) is 20.3 Å². The Bertz CT molecular complexity index is 354. The molecule has 2 atom stereocenters. The monoisotopic (exact) mass is 264 g/mol. The standard InChI is InChI=1S/C16H28N2O/c1-13-7-4-5-8-15(13)11-14(2)18-16(12-19-3)9-6-10-17/h4-5,7-8,14,16,18H,6,9-12,17H2,1-3H3. The van der Waals surface area contributed by atoms with Crippen molar-refractivity contribution in [3.63, 3.8) is 0 Å². The van der Waals surface area contributed by atoms with Gasteiger partial charge < -0.3 is 15.8 Å². The largest absolute Gasteiger partial charge is 0.383 e. The zero-order valence-electron chi connectivity index (χ0n) is 12.5. The van der Waals surface area contributed by atoms with Crippen molar-refractivity contribution in [1.82, 2.24) is 5.32 Å². The number of benzene rings is 1. The molecule has 0 aliphatic carbocycles. The maximum Gasteiger partial charge on any atom is 0.0615 e. The first-order valence-corrected chi connectivity index (χ1v) is 7.17. The van der Waals surface area contributed by atoms with Crippen LogP contribution in [-0.2, 0) is 11.2 Å². The van der Waals surface area contributed by atoms with Gasteiger partial charge in [-0.1, -0.05) is 24.3 Å². The van der Waals surface area contributed by atoms with Crippen molar-refractivity contribution >= 4 is 0 Å². The molecular formula is C16H28N2O. The molecule has 1 aromatic rings. The predicted molar refractivity (Wildman–Crippen MR) is 81.4 cm³/mol. The van der Waals surface area contributed by atoms with Crippen LogP contribution in [-0.4, -0.2) is 32.3 Å². The Morgan fingerprint density at radius 3 is 2.68 bits per heavy atom. The molecule has 0 saturated carbocycles. The highest BCUT2D eigenvalue weighted by molar-refractivity contribution is 5.26. The molecule has 0 amide bonds. The number of aryl methyl sites for hydroxylation is 1. The van der Waals surface area contributed by atoms with Gasteiger partial charge in [0.2, 0.25) is 0 Å². The number of nitrogens with one attached hydrogen (secondary N) is 1. The van der Waals surface area contributed by atoms with Gasteiger partial charge >= 0.3 is 0 Å². The maximum atomic E-state index is 5.58. The first-order valence-electron chi connectivity index (χ1n) is 7.17. The van der Waals surface area contributed by atoms with Crippen molar-refractivity contribution in [2.45, 2.75) is 45.2 Å². The smallest absolute Gasteiger partial charge is 0.0615 e. The number of hydrogen-bond donors (Lipinski definition) is 2. The highest BCUT2D eigenvalue weighted by Gasteiger charge is 2.12. The van der Waals surface area contributed by atoms with E-state index in [0.717, 1.165) is 32.4 Å². The quantitative estimate of drug-likeness (QED) is 0.719. The van der Waals surface area contributed by atoms with Crippen LogP contribution in [0.1, 0.15) is 30.9 Å². The van der Waals surface area contributed by atoms with Crippen molar-refractivity contribution in [3.8, 4) is 0 Å². The molecule has 0 fully saturated rings. The molecule has 0 saturated heterocycles. The number of nitrogens with two attached hydrogens (primary N) is 1. The Balaban J connectivity index is 2.47. The van der Waals surface area contributed by atoms with E-state index in [-0.39, 0.29) is 0 Å². The third kappa shape index (κ3) is 6.19. The van der Waals surface area contributed by atoms with Gasteiger partial charge in [0.15, 0.2) is 0 Å². The lowest BCUT2D eigenvalue weighted by molar-refractivity contribution is 0.156. The fourth-order valence-electron chi connectivity index (χ4n) is 2.41. The molecule has 0 spiro atoms. The van der Waals surface area contributed by atoms with Crippen LogP contribution in [0.2, 0.25) is 0 Å². The van der Waals surface area contributed by atoms with E-state index in [2.05, 4.69) is 43.4 Å². The van der Waals surface area contributed by atoms with Gasteiger partial charge in [-0.25, -0.2) is 0 Å². The third-order valence-electron chi connectivity index (χ3n) is 3.43. The topological polar surface area (TPSA) is 47.3 Å². The van der Waals surface area contributed by atoms with E-state index in [1.54, 1.807) is 7.11 Å². The van der Waals surface area contributed by atoms with Gasteiger partial charge in [0.1, 0.15) is 0 Å².